The molecule has 0 bridgehead atoms. The van der Waals surface area contributed by atoms with Crippen LogP contribution < -0.4 is 5.32 Å². The fourth-order valence-corrected chi connectivity index (χ4v) is 1.68. The first-order valence-corrected chi connectivity index (χ1v) is 6.15. The fraction of sp³-hybridized carbons (Fsp3) is 0.727. The van der Waals surface area contributed by atoms with Gasteiger partial charge in [-0.15, -0.1) is 0 Å². The number of carbonyl (C=O) groups is 3. The van der Waals surface area contributed by atoms with Gasteiger partial charge in [-0.25, -0.2) is 0 Å². The average Bonchev–Trinajstić information content (AvgIpc) is 2.28. The van der Waals surface area contributed by atoms with Gasteiger partial charge in [0.25, 0.3) is 5.91 Å². The molecule has 1 saturated heterocycles. The minimum absolute atomic E-state index is 0.0939. The highest BCUT2D eigenvalue weighted by atomic mass is 32.1. The number of likely N-dealkylation sites (N-methyl/N-ethyl adjacent to an activating group) is 1. The summed E-state index contributed by atoms with van der Waals surface area (Å²) in [5.41, 5.74) is 0. The van der Waals surface area contributed by atoms with Gasteiger partial charge in [0, 0.05) is 13.5 Å². The minimum Gasteiger partial charge on any atom is -0.343 e. The van der Waals surface area contributed by atoms with Crippen LogP contribution in [0.3, 0.4) is 0 Å². The van der Waals surface area contributed by atoms with Crippen molar-refractivity contribution in [3.8, 4) is 0 Å². The lowest BCUT2D eigenvalue weighted by Gasteiger charge is -2.29. The monoisotopic (exact) mass is 258 g/mol. The number of rotatable bonds is 3. The molecule has 96 valence electrons. The molecule has 1 heterocycles. The number of amides is 3. The summed E-state index contributed by atoms with van der Waals surface area (Å²) in [6.45, 7) is 3.77. The van der Waals surface area contributed by atoms with Crippen molar-refractivity contribution in [2.75, 3.05) is 7.05 Å². The van der Waals surface area contributed by atoms with Crippen LogP contribution in [0.1, 0.15) is 26.7 Å². The van der Waals surface area contributed by atoms with Crippen molar-refractivity contribution in [1.29, 1.82) is 0 Å². The van der Waals surface area contributed by atoms with Crippen LogP contribution in [0, 0.1) is 5.92 Å². The Labute approximate surface area is 106 Å². The van der Waals surface area contributed by atoms with Gasteiger partial charge in [0.05, 0.1) is 5.25 Å². The Balaban J connectivity index is 2.61. The lowest BCUT2D eigenvalue weighted by molar-refractivity contribution is -0.149. The van der Waals surface area contributed by atoms with E-state index in [0.29, 0.717) is 6.42 Å². The summed E-state index contributed by atoms with van der Waals surface area (Å²) in [5, 5.41) is 2.20. The SMILES string of the molecule is CC(C)C(S)C(=O)NC1CCC(=O)N(C)C1=O. The van der Waals surface area contributed by atoms with Crippen LogP contribution in [0.15, 0.2) is 0 Å². The first-order chi connectivity index (χ1) is 7.84. The summed E-state index contributed by atoms with van der Waals surface area (Å²) in [6, 6.07) is -0.599. The summed E-state index contributed by atoms with van der Waals surface area (Å²) in [5.74, 6) is -0.716. The molecule has 2 unspecified atom stereocenters. The molecule has 0 radical (unpaired) electrons. The van der Waals surface area contributed by atoms with Crippen LogP contribution in [0.25, 0.3) is 0 Å². The predicted molar refractivity (Wildman–Crippen MR) is 66.6 cm³/mol. The predicted octanol–water partition coefficient (Wildman–Crippen LogP) is 0.204. The lowest BCUT2D eigenvalue weighted by Crippen LogP contribution is -2.54. The van der Waals surface area contributed by atoms with Crippen molar-refractivity contribution >= 4 is 30.4 Å². The standard InChI is InChI=1S/C11H18N2O3S/c1-6(2)9(17)10(15)12-7-4-5-8(14)13(3)11(7)16/h6-7,9,17H,4-5H2,1-3H3,(H,12,15). The Bertz CT molecular complexity index is 344. The normalized spacial score (nSPS) is 22.9. The number of carbonyl (C=O) groups excluding carboxylic acids is 3. The zero-order valence-corrected chi connectivity index (χ0v) is 11.2. The Morgan fingerprint density at radius 2 is 2.06 bits per heavy atom. The summed E-state index contributed by atoms with van der Waals surface area (Å²) in [6.07, 6.45) is 0.651. The molecule has 1 aliphatic rings. The van der Waals surface area contributed by atoms with Crippen LogP contribution in [0.4, 0.5) is 0 Å². The molecule has 0 aromatic rings. The van der Waals surface area contributed by atoms with Gasteiger partial charge >= 0.3 is 0 Å². The highest BCUT2D eigenvalue weighted by molar-refractivity contribution is 7.81. The second-order valence-electron chi connectivity index (χ2n) is 4.58. The van der Waals surface area contributed by atoms with Crippen molar-refractivity contribution < 1.29 is 14.4 Å². The zero-order valence-electron chi connectivity index (χ0n) is 10.3. The summed E-state index contributed by atoms with van der Waals surface area (Å²) in [4.78, 5) is 35.8. The van der Waals surface area contributed by atoms with Gasteiger partial charge in [0.2, 0.25) is 11.8 Å². The zero-order chi connectivity index (χ0) is 13.2. The molecule has 6 heteroatoms. The van der Waals surface area contributed by atoms with Crippen LogP contribution in [0.2, 0.25) is 0 Å². The van der Waals surface area contributed by atoms with Crippen LogP contribution in [-0.2, 0) is 14.4 Å². The van der Waals surface area contributed by atoms with Crippen molar-refractivity contribution in [2.45, 2.75) is 38.0 Å². The van der Waals surface area contributed by atoms with E-state index in [4.69, 9.17) is 0 Å². The third kappa shape index (κ3) is 3.21. The van der Waals surface area contributed by atoms with Gasteiger partial charge in [-0.2, -0.15) is 12.6 Å². The van der Waals surface area contributed by atoms with Crippen molar-refractivity contribution in [2.24, 2.45) is 5.92 Å². The number of nitrogens with one attached hydrogen (secondary N) is 1. The van der Waals surface area contributed by atoms with Crippen LogP contribution in [0.5, 0.6) is 0 Å². The molecule has 3 amide bonds. The second kappa shape index (κ2) is 5.53. The van der Waals surface area contributed by atoms with E-state index in [9.17, 15) is 14.4 Å². The van der Waals surface area contributed by atoms with Crippen molar-refractivity contribution in [1.82, 2.24) is 10.2 Å². The van der Waals surface area contributed by atoms with Crippen LogP contribution >= 0.6 is 12.6 Å². The Kier molecular flexibility index (Phi) is 4.56. The topological polar surface area (TPSA) is 66.5 Å². The van der Waals surface area contributed by atoms with Gasteiger partial charge in [-0.3, -0.25) is 19.3 Å². The molecular weight excluding hydrogens is 240 g/mol. The number of piperidine rings is 1. The van der Waals surface area contributed by atoms with E-state index >= 15 is 0 Å². The Morgan fingerprint density at radius 1 is 1.47 bits per heavy atom. The number of hydrogen-bond acceptors (Lipinski definition) is 4. The van der Waals surface area contributed by atoms with Gasteiger partial charge in [-0.05, 0) is 12.3 Å². The fourth-order valence-electron chi connectivity index (χ4n) is 1.61. The number of hydrogen-bond donors (Lipinski definition) is 2. The lowest BCUT2D eigenvalue weighted by atomic mass is 10.0. The molecule has 0 saturated carbocycles. The molecule has 0 aliphatic carbocycles. The molecule has 1 aliphatic heterocycles. The molecule has 0 aromatic heterocycles. The average molecular weight is 258 g/mol. The van der Waals surface area contributed by atoms with E-state index in [-0.39, 0.29) is 30.1 Å². The quantitative estimate of drug-likeness (QED) is 0.561. The molecule has 0 aromatic carbocycles. The molecule has 0 spiro atoms. The minimum atomic E-state index is -0.599. The van der Waals surface area contributed by atoms with Crippen LogP contribution in [-0.4, -0.2) is 41.0 Å². The number of thiol groups is 1. The van der Waals surface area contributed by atoms with E-state index in [2.05, 4.69) is 17.9 Å². The summed E-state index contributed by atoms with van der Waals surface area (Å²) in [7, 11) is 1.43. The van der Waals surface area contributed by atoms with Gasteiger partial charge < -0.3 is 5.32 Å². The maximum absolute atomic E-state index is 11.7. The van der Waals surface area contributed by atoms with Crippen molar-refractivity contribution in [3.63, 3.8) is 0 Å². The van der Waals surface area contributed by atoms with Crippen molar-refractivity contribution in [3.05, 3.63) is 0 Å². The third-order valence-corrected chi connectivity index (χ3v) is 3.70. The molecule has 1 N–H and O–H groups in total. The highest BCUT2D eigenvalue weighted by Crippen LogP contribution is 2.14. The molecular formula is C11H18N2O3S. The first kappa shape index (κ1) is 14.0. The van der Waals surface area contributed by atoms with E-state index in [1.165, 1.54) is 7.05 Å². The molecule has 17 heavy (non-hydrogen) atoms. The molecule has 2 atom stereocenters. The Hall–Kier alpha value is -1.04. The smallest absolute Gasteiger partial charge is 0.251 e. The largest absolute Gasteiger partial charge is 0.343 e. The van der Waals surface area contributed by atoms with E-state index in [1.807, 2.05) is 13.8 Å². The summed E-state index contributed by atoms with van der Waals surface area (Å²) >= 11 is 4.19. The molecule has 5 nitrogen and oxygen atoms in total. The number of likely N-dealkylation sites (tertiary alicyclic amines) is 1. The molecule has 1 fully saturated rings. The highest BCUT2D eigenvalue weighted by Gasteiger charge is 2.33. The van der Waals surface area contributed by atoms with Gasteiger partial charge in [-0.1, -0.05) is 13.8 Å². The second-order valence-corrected chi connectivity index (χ2v) is 5.14. The van der Waals surface area contributed by atoms with Gasteiger partial charge in [0.15, 0.2) is 0 Å². The van der Waals surface area contributed by atoms with E-state index in [0.717, 1.165) is 4.90 Å². The number of nitrogens with zero attached hydrogens (tertiary/aromatic N) is 1. The van der Waals surface area contributed by atoms with E-state index in [1.54, 1.807) is 0 Å². The maximum atomic E-state index is 11.7. The van der Waals surface area contributed by atoms with E-state index < -0.39 is 11.3 Å². The maximum Gasteiger partial charge on any atom is 0.251 e. The third-order valence-electron chi connectivity index (χ3n) is 2.87. The first-order valence-electron chi connectivity index (χ1n) is 5.63. The van der Waals surface area contributed by atoms with Gasteiger partial charge in [0.1, 0.15) is 6.04 Å². The summed E-state index contributed by atoms with van der Waals surface area (Å²) < 4.78 is 0. The Morgan fingerprint density at radius 3 is 2.59 bits per heavy atom. The molecule has 1 rings (SSSR count). The number of imide groups is 1.